The lowest BCUT2D eigenvalue weighted by Crippen LogP contribution is -1.91. The molecule has 4 aromatic heterocycles. The van der Waals surface area contributed by atoms with Crippen LogP contribution in [0.5, 0.6) is 0 Å². The first kappa shape index (κ1) is 33.2. The number of hydrogen-bond acceptors (Lipinski definition) is 11. The van der Waals surface area contributed by atoms with Crippen molar-refractivity contribution in [1.82, 2.24) is 0 Å². The van der Waals surface area contributed by atoms with E-state index in [-0.39, 0.29) is 11.1 Å². The second kappa shape index (κ2) is 12.5. The van der Waals surface area contributed by atoms with Gasteiger partial charge in [-0.2, -0.15) is 21.0 Å². The van der Waals surface area contributed by atoms with Crippen LogP contribution in [-0.4, -0.2) is 0 Å². The molecule has 0 fully saturated rings. The average Bonchev–Trinajstić information content (AvgIpc) is 4.04. The molecule has 0 amide bonds. The number of nitrogens with zero attached hydrogens (tertiary/aromatic N) is 4. The topological polar surface area (TPSA) is 173 Å². The van der Waals surface area contributed by atoms with Crippen LogP contribution in [0.3, 0.4) is 0 Å². The van der Waals surface area contributed by atoms with E-state index in [1.807, 2.05) is 72.1 Å². The molecule has 0 saturated carbocycles. The summed E-state index contributed by atoms with van der Waals surface area (Å²) in [5.74, 6) is 0. The molecule has 9 rings (SSSR count). The molecular formula is C43H23N7S4. The largest absolute Gasteiger partial charge is 0.398 e. The number of anilines is 3. The molecule has 254 valence electrons. The fourth-order valence-electron chi connectivity index (χ4n) is 7.45. The molecule has 0 radical (unpaired) electrons. The van der Waals surface area contributed by atoms with Gasteiger partial charge in [0.1, 0.15) is 35.4 Å². The van der Waals surface area contributed by atoms with E-state index < -0.39 is 0 Å². The van der Waals surface area contributed by atoms with E-state index >= 15 is 0 Å². The zero-order valence-corrected chi connectivity index (χ0v) is 31.5. The standard InChI is InChI=1S/C43H23N7S4/c1-20-6-8-51-40(20)36-14-34(49)41(53-36)21-2-4-25-27-12-32-28(13-31(27)38(29(25)10-21)23(16-44)17-45)26-5-3-22(11-30(26)39(32)24(18-46)19-47)42-35(50)15-37(54-42)43-33(48)7-9-52-43/h2-15H,48-50H2,1H3. The summed E-state index contributed by atoms with van der Waals surface area (Å²) in [5, 5.41) is 44.9. The summed E-state index contributed by atoms with van der Waals surface area (Å²) in [7, 11) is 0. The lowest BCUT2D eigenvalue weighted by Gasteiger charge is -2.08. The summed E-state index contributed by atoms with van der Waals surface area (Å²) in [6.45, 7) is 2.08. The minimum absolute atomic E-state index is 0.00410. The average molecular weight is 766 g/mol. The normalized spacial score (nSPS) is 11.9. The Labute approximate surface area is 326 Å². The van der Waals surface area contributed by atoms with Crippen LogP contribution in [0.4, 0.5) is 17.1 Å². The van der Waals surface area contributed by atoms with Gasteiger partial charge >= 0.3 is 0 Å². The molecule has 0 saturated heterocycles. The highest BCUT2D eigenvalue weighted by Gasteiger charge is 2.34. The van der Waals surface area contributed by atoms with Gasteiger partial charge in [0.05, 0.1) is 31.7 Å². The Balaban J connectivity index is 1.21. The Morgan fingerprint density at radius 1 is 0.463 bits per heavy atom. The van der Waals surface area contributed by atoms with E-state index in [1.54, 1.807) is 45.3 Å². The first-order chi connectivity index (χ1) is 26.2. The Morgan fingerprint density at radius 2 is 0.907 bits per heavy atom. The highest BCUT2D eigenvalue weighted by Crippen LogP contribution is 2.55. The van der Waals surface area contributed by atoms with Crippen molar-refractivity contribution in [3.8, 4) is 86.9 Å². The fourth-order valence-corrected chi connectivity index (χ4v) is 11.7. The van der Waals surface area contributed by atoms with Crippen LogP contribution in [-0.2, 0) is 0 Å². The minimum atomic E-state index is -0.0117. The zero-order valence-electron chi connectivity index (χ0n) is 28.2. The van der Waals surface area contributed by atoms with Gasteiger partial charge in [0.2, 0.25) is 0 Å². The molecule has 2 aliphatic rings. The number of benzene rings is 3. The van der Waals surface area contributed by atoms with E-state index in [1.165, 1.54) is 10.4 Å². The molecule has 0 unspecified atom stereocenters. The summed E-state index contributed by atoms with van der Waals surface area (Å²) in [5.41, 5.74) is 31.6. The van der Waals surface area contributed by atoms with Crippen LogP contribution in [0.15, 0.2) is 94.7 Å². The highest BCUT2D eigenvalue weighted by molar-refractivity contribution is 7.24. The first-order valence-corrected chi connectivity index (χ1v) is 19.9. The SMILES string of the molecule is Cc1ccsc1-c1cc(N)c(-c2ccc3c(c2)C(=C(C#N)C#N)c2cc4c(cc2-3)C(=C(C#N)C#N)c2cc(-c3sc(-c5sccc5N)cc3N)ccc2-4)s1. The fraction of sp³-hybridized carbons (Fsp3) is 0.0233. The highest BCUT2D eigenvalue weighted by atomic mass is 32.1. The van der Waals surface area contributed by atoms with E-state index in [9.17, 15) is 21.0 Å². The van der Waals surface area contributed by atoms with Crippen LogP contribution < -0.4 is 17.2 Å². The quantitative estimate of drug-likeness (QED) is 0.149. The number of rotatable bonds is 4. The summed E-state index contributed by atoms with van der Waals surface area (Å²) in [6, 6.07) is 32.4. The Bertz CT molecular complexity index is 2810. The molecular weight excluding hydrogens is 743 g/mol. The number of nitrogens with two attached hydrogens (primary N) is 3. The van der Waals surface area contributed by atoms with Crippen molar-refractivity contribution in [1.29, 1.82) is 21.0 Å². The summed E-state index contributed by atoms with van der Waals surface area (Å²) in [6.07, 6.45) is 0. The number of aryl methyl sites for hydroxylation is 1. The monoisotopic (exact) mass is 765 g/mol. The smallest absolute Gasteiger partial charge is 0.138 e. The van der Waals surface area contributed by atoms with Crippen molar-refractivity contribution < 1.29 is 0 Å². The van der Waals surface area contributed by atoms with Crippen molar-refractivity contribution in [2.75, 3.05) is 17.2 Å². The third kappa shape index (κ3) is 4.86. The predicted octanol–water partition coefficient (Wildman–Crippen LogP) is 11.3. The molecule has 0 bridgehead atoms. The van der Waals surface area contributed by atoms with Gasteiger partial charge < -0.3 is 17.2 Å². The molecule has 7 aromatic rings. The molecule has 6 N–H and O–H groups in total. The van der Waals surface area contributed by atoms with Crippen LogP contribution >= 0.6 is 45.3 Å². The molecule has 4 heterocycles. The molecule has 0 spiro atoms. The third-order valence-electron chi connectivity index (χ3n) is 9.85. The van der Waals surface area contributed by atoms with Gasteiger partial charge in [-0.1, -0.05) is 24.3 Å². The molecule has 2 aliphatic carbocycles. The van der Waals surface area contributed by atoms with Crippen LogP contribution in [0.25, 0.3) is 73.8 Å². The molecule has 3 aromatic carbocycles. The van der Waals surface area contributed by atoms with Crippen molar-refractivity contribution in [2.45, 2.75) is 6.92 Å². The van der Waals surface area contributed by atoms with Gasteiger partial charge in [0.25, 0.3) is 0 Å². The maximum atomic E-state index is 10.2. The van der Waals surface area contributed by atoms with Crippen LogP contribution in [0.2, 0.25) is 0 Å². The predicted molar refractivity (Wildman–Crippen MR) is 223 cm³/mol. The van der Waals surface area contributed by atoms with Gasteiger partial charge in [-0.05, 0) is 127 Å². The number of hydrogen-bond donors (Lipinski definition) is 3. The summed E-state index contributed by atoms with van der Waals surface area (Å²) < 4.78 is 0. The first-order valence-electron chi connectivity index (χ1n) is 16.5. The lowest BCUT2D eigenvalue weighted by molar-refractivity contribution is 1.45. The number of nitriles is 4. The van der Waals surface area contributed by atoms with Crippen molar-refractivity contribution in [3.05, 3.63) is 123 Å². The van der Waals surface area contributed by atoms with E-state index in [4.69, 9.17) is 17.2 Å². The van der Waals surface area contributed by atoms with Crippen LogP contribution in [0.1, 0.15) is 27.8 Å². The van der Waals surface area contributed by atoms with E-state index in [0.29, 0.717) is 28.2 Å². The maximum Gasteiger partial charge on any atom is 0.138 e. The van der Waals surface area contributed by atoms with Gasteiger partial charge in [-0.3, -0.25) is 0 Å². The molecule has 11 heteroatoms. The molecule has 0 aliphatic heterocycles. The van der Waals surface area contributed by atoms with Gasteiger partial charge in [0, 0.05) is 25.8 Å². The molecule has 0 atom stereocenters. The zero-order chi connectivity index (χ0) is 37.4. The summed E-state index contributed by atoms with van der Waals surface area (Å²) in [4.78, 5) is 5.96. The van der Waals surface area contributed by atoms with E-state index in [0.717, 1.165) is 80.0 Å². The second-order valence-electron chi connectivity index (χ2n) is 12.8. The lowest BCUT2D eigenvalue weighted by atomic mass is 9.93. The van der Waals surface area contributed by atoms with Gasteiger partial charge in [-0.15, -0.1) is 45.3 Å². The van der Waals surface area contributed by atoms with Gasteiger partial charge in [0.15, 0.2) is 0 Å². The van der Waals surface area contributed by atoms with Crippen LogP contribution in [0, 0.1) is 52.2 Å². The Hall–Kier alpha value is -6.70. The summed E-state index contributed by atoms with van der Waals surface area (Å²) >= 11 is 6.39. The number of nitrogen functional groups attached to an aromatic ring is 3. The molecule has 54 heavy (non-hydrogen) atoms. The van der Waals surface area contributed by atoms with Crippen molar-refractivity contribution in [3.63, 3.8) is 0 Å². The van der Waals surface area contributed by atoms with Crippen molar-refractivity contribution in [2.24, 2.45) is 0 Å². The minimum Gasteiger partial charge on any atom is -0.398 e. The van der Waals surface area contributed by atoms with Gasteiger partial charge in [-0.25, -0.2) is 0 Å². The third-order valence-corrected chi connectivity index (χ3v) is 14.6. The molecule has 7 nitrogen and oxygen atoms in total. The Morgan fingerprint density at radius 3 is 1.33 bits per heavy atom. The number of allylic oxidation sites excluding steroid dienone is 2. The number of fused-ring (bicyclic) bond motifs is 6. The second-order valence-corrected chi connectivity index (χ2v) is 16.8. The van der Waals surface area contributed by atoms with E-state index in [2.05, 4.69) is 42.6 Å². The Kier molecular flexibility index (Phi) is 7.65. The van der Waals surface area contributed by atoms with Crippen molar-refractivity contribution >= 4 is 73.6 Å². The maximum absolute atomic E-state index is 10.2. The number of thiophene rings is 4.